The molecule has 1 aliphatic heterocycles. The van der Waals surface area contributed by atoms with Crippen molar-refractivity contribution < 1.29 is 0 Å². The zero-order chi connectivity index (χ0) is 12.1. The van der Waals surface area contributed by atoms with Gasteiger partial charge in [-0.1, -0.05) is 6.42 Å². The monoisotopic (exact) mass is 247 g/mol. The normalized spacial score (nSPS) is 19.6. The summed E-state index contributed by atoms with van der Waals surface area (Å²) in [7, 11) is 0. The van der Waals surface area contributed by atoms with Gasteiger partial charge in [0.2, 0.25) is 0 Å². The van der Waals surface area contributed by atoms with Gasteiger partial charge in [0.1, 0.15) is 6.07 Å². The summed E-state index contributed by atoms with van der Waals surface area (Å²) < 4.78 is 0. The predicted octanol–water partition coefficient (Wildman–Crippen LogP) is 2.84. The molecule has 1 aliphatic rings. The largest absolute Gasteiger partial charge is 0.398 e. The Morgan fingerprint density at radius 1 is 1.47 bits per heavy atom. The lowest BCUT2D eigenvalue weighted by Crippen LogP contribution is -2.20. The molecule has 0 spiro atoms. The van der Waals surface area contributed by atoms with Crippen LogP contribution in [0, 0.1) is 11.3 Å². The number of rotatable bonds is 3. The number of hydrogen-bond donors (Lipinski definition) is 2. The van der Waals surface area contributed by atoms with Crippen LogP contribution >= 0.6 is 11.8 Å². The molecule has 3 N–H and O–H groups in total. The maximum Gasteiger partial charge on any atom is 0.101 e. The van der Waals surface area contributed by atoms with E-state index in [1.165, 1.54) is 25.0 Å². The number of nitrogens with two attached hydrogens (primary N) is 1. The van der Waals surface area contributed by atoms with Crippen molar-refractivity contribution >= 4 is 23.1 Å². The lowest BCUT2D eigenvalue weighted by atomic mass is 10.1. The highest BCUT2D eigenvalue weighted by Gasteiger charge is 2.13. The van der Waals surface area contributed by atoms with Gasteiger partial charge in [-0.25, -0.2) is 0 Å². The van der Waals surface area contributed by atoms with Crippen molar-refractivity contribution in [2.24, 2.45) is 0 Å². The van der Waals surface area contributed by atoms with Crippen LogP contribution in [0.5, 0.6) is 0 Å². The van der Waals surface area contributed by atoms with Gasteiger partial charge in [-0.2, -0.15) is 17.0 Å². The Kier molecular flexibility index (Phi) is 4.16. The van der Waals surface area contributed by atoms with Gasteiger partial charge in [0.15, 0.2) is 0 Å². The number of hydrogen-bond acceptors (Lipinski definition) is 4. The van der Waals surface area contributed by atoms with Crippen LogP contribution < -0.4 is 11.1 Å². The van der Waals surface area contributed by atoms with E-state index in [1.54, 1.807) is 6.07 Å². The molecule has 2 rings (SSSR count). The molecule has 1 unspecified atom stereocenters. The van der Waals surface area contributed by atoms with Crippen molar-refractivity contribution in [3.8, 4) is 6.07 Å². The first kappa shape index (κ1) is 12.1. The highest BCUT2D eigenvalue weighted by atomic mass is 32.2. The van der Waals surface area contributed by atoms with Gasteiger partial charge in [-0.05, 0) is 36.8 Å². The zero-order valence-electron chi connectivity index (χ0n) is 9.78. The topological polar surface area (TPSA) is 61.8 Å². The number of thioether (sulfide) groups is 1. The number of nitrogens with zero attached hydrogens (tertiary/aromatic N) is 1. The molecule has 4 heteroatoms. The van der Waals surface area contributed by atoms with Crippen LogP contribution in [-0.4, -0.2) is 17.5 Å². The second-order valence-electron chi connectivity index (χ2n) is 4.28. The van der Waals surface area contributed by atoms with Crippen molar-refractivity contribution in [2.75, 3.05) is 23.3 Å². The molecule has 0 radical (unpaired) electrons. The standard InChI is InChI=1S/C13H17N3S/c14-8-10-7-11(4-5-13(10)15)16-9-12-3-1-2-6-17-12/h4-5,7,12,16H,1-3,6,9,15H2. The first-order valence-corrected chi connectivity index (χ1v) is 6.99. The van der Waals surface area contributed by atoms with Gasteiger partial charge >= 0.3 is 0 Å². The minimum Gasteiger partial charge on any atom is -0.398 e. The highest BCUT2D eigenvalue weighted by Crippen LogP contribution is 2.25. The van der Waals surface area contributed by atoms with Gasteiger partial charge in [-0.3, -0.25) is 0 Å². The van der Waals surface area contributed by atoms with Crippen LogP contribution in [0.2, 0.25) is 0 Å². The van der Waals surface area contributed by atoms with Crippen LogP contribution in [0.1, 0.15) is 24.8 Å². The van der Waals surface area contributed by atoms with E-state index < -0.39 is 0 Å². The third-order valence-electron chi connectivity index (χ3n) is 2.98. The average molecular weight is 247 g/mol. The van der Waals surface area contributed by atoms with E-state index in [9.17, 15) is 0 Å². The Hall–Kier alpha value is -1.34. The third-order valence-corrected chi connectivity index (χ3v) is 4.38. The Morgan fingerprint density at radius 3 is 3.06 bits per heavy atom. The second kappa shape index (κ2) is 5.83. The molecular formula is C13H17N3S. The lowest BCUT2D eigenvalue weighted by Gasteiger charge is -2.22. The van der Waals surface area contributed by atoms with Crippen molar-refractivity contribution in [1.82, 2.24) is 0 Å². The Balaban J connectivity index is 1.92. The van der Waals surface area contributed by atoms with E-state index >= 15 is 0 Å². The van der Waals surface area contributed by atoms with Crippen LogP contribution in [-0.2, 0) is 0 Å². The molecule has 1 aromatic rings. The van der Waals surface area contributed by atoms with E-state index in [-0.39, 0.29) is 0 Å². The van der Waals surface area contributed by atoms with E-state index in [1.807, 2.05) is 23.9 Å². The Labute approximate surface area is 106 Å². The highest BCUT2D eigenvalue weighted by molar-refractivity contribution is 7.99. The molecule has 1 fully saturated rings. The molecule has 0 aliphatic carbocycles. The molecule has 1 aromatic carbocycles. The first-order valence-electron chi connectivity index (χ1n) is 5.94. The van der Waals surface area contributed by atoms with Crippen LogP contribution in [0.4, 0.5) is 11.4 Å². The first-order chi connectivity index (χ1) is 8.29. The third kappa shape index (κ3) is 3.31. The minimum absolute atomic E-state index is 0.546. The fourth-order valence-electron chi connectivity index (χ4n) is 1.96. The molecule has 1 heterocycles. The molecule has 90 valence electrons. The minimum atomic E-state index is 0.546. The summed E-state index contributed by atoms with van der Waals surface area (Å²) in [5, 5.41) is 13.0. The summed E-state index contributed by atoms with van der Waals surface area (Å²) in [4.78, 5) is 0. The van der Waals surface area contributed by atoms with E-state index in [0.29, 0.717) is 16.5 Å². The molecule has 0 bridgehead atoms. The predicted molar refractivity (Wildman–Crippen MR) is 74.2 cm³/mol. The zero-order valence-corrected chi connectivity index (χ0v) is 10.6. The van der Waals surface area contributed by atoms with Gasteiger partial charge in [0, 0.05) is 23.2 Å². The van der Waals surface area contributed by atoms with E-state index in [4.69, 9.17) is 11.0 Å². The molecule has 1 saturated heterocycles. The molecule has 0 saturated carbocycles. The summed E-state index contributed by atoms with van der Waals surface area (Å²) in [6.45, 7) is 0.972. The molecule has 0 aromatic heterocycles. The van der Waals surface area contributed by atoms with Crippen LogP contribution in [0.25, 0.3) is 0 Å². The molecule has 0 amide bonds. The molecule has 3 nitrogen and oxygen atoms in total. The second-order valence-corrected chi connectivity index (χ2v) is 5.69. The van der Waals surface area contributed by atoms with Gasteiger partial charge in [0.25, 0.3) is 0 Å². The quantitative estimate of drug-likeness (QED) is 0.806. The molecule has 17 heavy (non-hydrogen) atoms. The van der Waals surface area contributed by atoms with Crippen molar-refractivity contribution in [3.63, 3.8) is 0 Å². The van der Waals surface area contributed by atoms with E-state index in [2.05, 4.69) is 11.4 Å². The summed E-state index contributed by atoms with van der Waals surface area (Å²) in [6, 6.07) is 7.65. The van der Waals surface area contributed by atoms with E-state index in [0.717, 1.165) is 12.2 Å². The van der Waals surface area contributed by atoms with Gasteiger partial charge < -0.3 is 11.1 Å². The van der Waals surface area contributed by atoms with Crippen molar-refractivity contribution in [3.05, 3.63) is 23.8 Å². The number of anilines is 2. The molecule has 1 atom stereocenters. The van der Waals surface area contributed by atoms with Crippen LogP contribution in [0.3, 0.4) is 0 Å². The number of nitrogens with one attached hydrogen (secondary N) is 1. The average Bonchev–Trinajstić information content (AvgIpc) is 2.39. The van der Waals surface area contributed by atoms with Crippen LogP contribution in [0.15, 0.2) is 18.2 Å². The number of benzene rings is 1. The van der Waals surface area contributed by atoms with Gasteiger partial charge in [0.05, 0.1) is 5.56 Å². The number of nitriles is 1. The summed E-state index contributed by atoms with van der Waals surface area (Å²) in [6.07, 6.45) is 3.98. The fourth-order valence-corrected chi connectivity index (χ4v) is 3.20. The summed E-state index contributed by atoms with van der Waals surface area (Å²) >= 11 is 2.04. The van der Waals surface area contributed by atoms with Crippen molar-refractivity contribution in [2.45, 2.75) is 24.5 Å². The fraction of sp³-hybridized carbons (Fsp3) is 0.462. The van der Waals surface area contributed by atoms with Crippen molar-refractivity contribution in [1.29, 1.82) is 5.26 Å². The lowest BCUT2D eigenvalue weighted by molar-refractivity contribution is 0.677. The van der Waals surface area contributed by atoms with Gasteiger partial charge in [-0.15, -0.1) is 0 Å². The maximum absolute atomic E-state index is 8.90. The summed E-state index contributed by atoms with van der Waals surface area (Å²) in [5.41, 5.74) is 7.77. The SMILES string of the molecule is N#Cc1cc(NCC2CCCCS2)ccc1N. The summed E-state index contributed by atoms with van der Waals surface area (Å²) in [5.74, 6) is 1.28. The maximum atomic E-state index is 8.90. The molecular weight excluding hydrogens is 230 g/mol. The Bertz CT molecular complexity index is 419. The smallest absolute Gasteiger partial charge is 0.101 e. The Morgan fingerprint density at radius 2 is 2.35 bits per heavy atom. The number of nitrogen functional groups attached to an aromatic ring is 1.